The Labute approximate surface area is 151 Å². The molecule has 0 bridgehead atoms. The lowest BCUT2D eigenvalue weighted by Gasteiger charge is -2.12. The Balaban J connectivity index is 1.59. The highest BCUT2D eigenvalue weighted by molar-refractivity contribution is 5.79. The smallest absolute Gasteiger partial charge is 0.191 e. The summed E-state index contributed by atoms with van der Waals surface area (Å²) in [6.07, 6.45) is 6.95. The average molecular weight is 351 g/mol. The maximum absolute atomic E-state index is 5.73. The zero-order valence-electron chi connectivity index (χ0n) is 15.5. The first-order valence-corrected chi connectivity index (χ1v) is 9.58. The van der Waals surface area contributed by atoms with Gasteiger partial charge in [0.1, 0.15) is 5.76 Å². The molecule has 1 aliphatic rings. The van der Waals surface area contributed by atoms with Gasteiger partial charge in [0.25, 0.3) is 0 Å². The monoisotopic (exact) mass is 351 g/mol. The van der Waals surface area contributed by atoms with Gasteiger partial charge < -0.3 is 24.5 Å². The summed E-state index contributed by atoms with van der Waals surface area (Å²) in [6, 6.07) is 3.91. The van der Waals surface area contributed by atoms with Crippen molar-refractivity contribution >= 4 is 5.96 Å². The lowest BCUT2D eigenvalue weighted by molar-refractivity contribution is 0.0893. The molecule has 0 aliphatic carbocycles. The number of hydrogen-bond acceptors (Lipinski definition) is 4. The van der Waals surface area contributed by atoms with Gasteiger partial charge in [-0.25, -0.2) is 0 Å². The number of guanidine groups is 1. The van der Waals surface area contributed by atoms with Crippen LogP contribution in [-0.2, 0) is 15.9 Å². The average Bonchev–Trinajstić information content (AvgIpc) is 3.31. The van der Waals surface area contributed by atoms with Gasteiger partial charge in [0.2, 0.25) is 0 Å². The molecule has 2 rings (SSSR count). The molecule has 1 aliphatic heterocycles. The van der Waals surface area contributed by atoms with Gasteiger partial charge in [-0.05, 0) is 31.4 Å². The van der Waals surface area contributed by atoms with E-state index in [4.69, 9.17) is 13.9 Å². The summed E-state index contributed by atoms with van der Waals surface area (Å²) in [6.45, 7) is 8.02. The van der Waals surface area contributed by atoms with Gasteiger partial charge in [-0.1, -0.05) is 13.3 Å². The quantitative estimate of drug-likeness (QED) is 0.344. The summed E-state index contributed by atoms with van der Waals surface area (Å²) in [7, 11) is 0. The second-order valence-corrected chi connectivity index (χ2v) is 6.42. The van der Waals surface area contributed by atoms with Gasteiger partial charge in [-0.15, -0.1) is 0 Å². The number of nitrogens with zero attached hydrogens (tertiary/aromatic N) is 1. The largest absolute Gasteiger partial charge is 0.469 e. The molecule has 0 radical (unpaired) electrons. The fourth-order valence-corrected chi connectivity index (χ4v) is 2.64. The van der Waals surface area contributed by atoms with Crippen molar-refractivity contribution in [3.05, 3.63) is 24.2 Å². The van der Waals surface area contributed by atoms with Crippen LogP contribution < -0.4 is 10.6 Å². The van der Waals surface area contributed by atoms with Crippen molar-refractivity contribution in [2.45, 2.75) is 39.0 Å². The number of nitrogens with one attached hydrogen (secondary N) is 2. The molecule has 1 aromatic rings. The van der Waals surface area contributed by atoms with E-state index in [1.165, 1.54) is 6.42 Å². The van der Waals surface area contributed by atoms with Gasteiger partial charge in [0, 0.05) is 45.2 Å². The van der Waals surface area contributed by atoms with Crippen molar-refractivity contribution < 1.29 is 13.9 Å². The highest BCUT2D eigenvalue weighted by Crippen LogP contribution is 2.12. The van der Waals surface area contributed by atoms with E-state index in [2.05, 4.69) is 22.5 Å². The third-order valence-corrected chi connectivity index (χ3v) is 4.16. The van der Waals surface area contributed by atoms with E-state index in [1.54, 1.807) is 6.26 Å². The second kappa shape index (κ2) is 12.8. The highest BCUT2D eigenvalue weighted by atomic mass is 16.5. The Morgan fingerprint density at radius 1 is 1.32 bits per heavy atom. The van der Waals surface area contributed by atoms with Crippen molar-refractivity contribution in [3.63, 3.8) is 0 Å². The molecule has 0 saturated carbocycles. The number of rotatable bonds is 12. The number of aliphatic imine (C=N–C) groups is 1. The lowest BCUT2D eigenvalue weighted by atomic mass is 10.1. The first-order chi connectivity index (χ1) is 12.4. The molecule has 1 fully saturated rings. The Bertz CT molecular complexity index is 456. The number of furan rings is 1. The molecule has 0 aromatic carbocycles. The van der Waals surface area contributed by atoms with Crippen LogP contribution in [-0.4, -0.2) is 52.0 Å². The third kappa shape index (κ3) is 8.93. The summed E-state index contributed by atoms with van der Waals surface area (Å²) in [5.41, 5.74) is 0. The molecule has 6 nitrogen and oxygen atoms in total. The molecule has 0 amide bonds. The molecule has 1 aromatic heterocycles. The molecule has 1 atom stereocenters. The normalized spacial score (nSPS) is 17.8. The molecule has 25 heavy (non-hydrogen) atoms. The summed E-state index contributed by atoms with van der Waals surface area (Å²) >= 11 is 0. The Morgan fingerprint density at radius 2 is 2.24 bits per heavy atom. The van der Waals surface area contributed by atoms with Crippen molar-refractivity contribution in [3.8, 4) is 0 Å². The van der Waals surface area contributed by atoms with Gasteiger partial charge >= 0.3 is 0 Å². The Kier molecular flexibility index (Phi) is 10.1. The van der Waals surface area contributed by atoms with Crippen molar-refractivity contribution in [2.24, 2.45) is 10.9 Å². The van der Waals surface area contributed by atoms with Crippen molar-refractivity contribution in [2.75, 3.05) is 46.1 Å². The van der Waals surface area contributed by atoms with Crippen LogP contribution in [0.2, 0.25) is 0 Å². The SMILES string of the molecule is CCCCNC(=NCCCOCC1CCOC1)NCCc1ccco1. The lowest BCUT2D eigenvalue weighted by Crippen LogP contribution is -2.39. The summed E-state index contributed by atoms with van der Waals surface area (Å²) in [4.78, 5) is 4.64. The number of unbranched alkanes of at least 4 members (excludes halogenated alkanes) is 1. The Hall–Kier alpha value is -1.53. The van der Waals surface area contributed by atoms with Crippen LogP contribution >= 0.6 is 0 Å². The standard InChI is InChI=1S/C19H33N3O3/c1-2-3-9-20-19(22-11-7-18-6-4-13-25-18)21-10-5-12-23-15-17-8-14-24-16-17/h4,6,13,17H,2-3,5,7-12,14-16H2,1H3,(H2,20,21,22). The van der Waals surface area contributed by atoms with Crippen LogP contribution in [0.15, 0.2) is 27.8 Å². The number of ether oxygens (including phenoxy) is 2. The summed E-state index contributed by atoms with van der Waals surface area (Å²) in [5, 5.41) is 6.76. The minimum atomic E-state index is 0.582. The van der Waals surface area contributed by atoms with E-state index >= 15 is 0 Å². The van der Waals surface area contributed by atoms with Crippen LogP contribution in [0, 0.1) is 5.92 Å². The minimum absolute atomic E-state index is 0.582. The molecule has 0 spiro atoms. The van der Waals surface area contributed by atoms with E-state index in [0.29, 0.717) is 5.92 Å². The van der Waals surface area contributed by atoms with E-state index < -0.39 is 0 Å². The second-order valence-electron chi connectivity index (χ2n) is 6.42. The van der Waals surface area contributed by atoms with Crippen LogP contribution in [0.1, 0.15) is 38.4 Å². The van der Waals surface area contributed by atoms with Crippen molar-refractivity contribution in [1.29, 1.82) is 0 Å². The molecular formula is C19H33N3O3. The third-order valence-electron chi connectivity index (χ3n) is 4.16. The molecular weight excluding hydrogens is 318 g/mol. The molecule has 2 N–H and O–H groups in total. The maximum Gasteiger partial charge on any atom is 0.191 e. The molecule has 142 valence electrons. The van der Waals surface area contributed by atoms with Crippen LogP contribution in [0.5, 0.6) is 0 Å². The van der Waals surface area contributed by atoms with Gasteiger partial charge in [-0.2, -0.15) is 0 Å². The Morgan fingerprint density at radius 3 is 3.00 bits per heavy atom. The van der Waals surface area contributed by atoms with E-state index in [9.17, 15) is 0 Å². The van der Waals surface area contributed by atoms with Crippen molar-refractivity contribution in [1.82, 2.24) is 10.6 Å². The van der Waals surface area contributed by atoms with Gasteiger partial charge in [0.15, 0.2) is 5.96 Å². The van der Waals surface area contributed by atoms with E-state index in [0.717, 1.165) is 83.5 Å². The van der Waals surface area contributed by atoms with E-state index in [-0.39, 0.29) is 0 Å². The molecule has 2 heterocycles. The fraction of sp³-hybridized carbons (Fsp3) is 0.737. The molecule has 1 saturated heterocycles. The summed E-state index contributed by atoms with van der Waals surface area (Å²) in [5.74, 6) is 2.45. The van der Waals surface area contributed by atoms with Crippen LogP contribution in [0.3, 0.4) is 0 Å². The zero-order chi connectivity index (χ0) is 17.6. The first-order valence-electron chi connectivity index (χ1n) is 9.58. The predicted octanol–water partition coefficient (Wildman–Crippen LogP) is 2.60. The highest BCUT2D eigenvalue weighted by Gasteiger charge is 2.15. The van der Waals surface area contributed by atoms with Gasteiger partial charge in [0.05, 0.1) is 19.5 Å². The molecule has 6 heteroatoms. The number of hydrogen-bond donors (Lipinski definition) is 2. The predicted molar refractivity (Wildman–Crippen MR) is 100.0 cm³/mol. The van der Waals surface area contributed by atoms with Crippen LogP contribution in [0.4, 0.5) is 0 Å². The van der Waals surface area contributed by atoms with Gasteiger partial charge in [-0.3, -0.25) is 4.99 Å². The van der Waals surface area contributed by atoms with Crippen LogP contribution in [0.25, 0.3) is 0 Å². The zero-order valence-corrected chi connectivity index (χ0v) is 15.5. The topological polar surface area (TPSA) is 68.0 Å². The first kappa shape index (κ1) is 19.8. The summed E-state index contributed by atoms with van der Waals surface area (Å²) < 4.78 is 16.4. The van der Waals surface area contributed by atoms with E-state index in [1.807, 2.05) is 12.1 Å². The fourth-order valence-electron chi connectivity index (χ4n) is 2.64. The maximum atomic E-state index is 5.73. The minimum Gasteiger partial charge on any atom is -0.469 e. The molecule has 1 unspecified atom stereocenters.